The molecular formula is C15H17N3O. The Morgan fingerprint density at radius 1 is 1.47 bits per heavy atom. The average Bonchev–Trinajstić information content (AvgIpc) is 2.89. The molecule has 4 nitrogen and oxygen atoms in total. The summed E-state index contributed by atoms with van der Waals surface area (Å²) in [7, 11) is 1.76. The van der Waals surface area contributed by atoms with E-state index in [0.29, 0.717) is 6.54 Å². The number of aryl methyl sites for hydroxylation is 1. The van der Waals surface area contributed by atoms with E-state index in [2.05, 4.69) is 9.97 Å². The van der Waals surface area contributed by atoms with Crippen molar-refractivity contribution >= 4 is 12.0 Å². The van der Waals surface area contributed by atoms with Crippen LogP contribution >= 0.6 is 0 Å². The van der Waals surface area contributed by atoms with Gasteiger partial charge >= 0.3 is 0 Å². The standard InChI is InChI=1S/C15H17N3O/c1-12-4-3-5-13(10-12)6-7-15(19)18(2)11-14-16-8-9-17-14/h3-10H,11H2,1-2H3,(H,16,17). The molecule has 1 aromatic carbocycles. The van der Waals surface area contributed by atoms with Crippen molar-refractivity contribution in [2.45, 2.75) is 13.5 Å². The van der Waals surface area contributed by atoms with Crippen molar-refractivity contribution in [1.82, 2.24) is 14.9 Å². The Morgan fingerprint density at radius 2 is 2.32 bits per heavy atom. The van der Waals surface area contributed by atoms with Gasteiger partial charge in [-0.1, -0.05) is 29.8 Å². The lowest BCUT2D eigenvalue weighted by Crippen LogP contribution is -2.24. The van der Waals surface area contributed by atoms with Gasteiger partial charge in [-0.15, -0.1) is 0 Å². The van der Waals surface area contributed by atoms with Gasteiger partial charge in [0.25, 0.3) is 0 Å². The molecule has 0 radical (unpaired) electrons. The first-order valence-corrected chi connectivity index (χ1v) is 6.13. The van der Waals surface area contributed by atoms with Crippen molar-refractivity contribution in [2.24, 2.45) is 0 Å². The van der Waals surface area contributed by atoms with Crippen molar-refractivity contribution in [3.8, 4) is 0 Å². The van der Waals surface area contributed by atoms with Crippen LogP contribution in [0.4, 0.5) is 0 Å². The number of hydrogen-bond acceptors (Lipinski definition) is 2. The molecule has 0 bridgehead atoms. The molecule has 0 saturated heterocycles. The van der Waals surface area contributed by atoms with Gasteiger partial charge in [0.2, 0.25) is 5.91 Å². The van der Waals surface area contributed by atoms with E-state index in [4.69, 9.17) is 0 Å². The smallest absolute Gasteiger partial charge is 0.246 e. The van der Waals surface area contributed by atoms with Crippen molar-refractivity contribution < 1.29 is 4.79 Å². The van der Waals surface area contributed by atoms with Gasteiger partial charge in [0.15, 0.2) is 0 Å². The number of nitrogens with one attached hydrogen (secondary N) is 1. The highest BCUT2D eigenvalue weighted by Gasteiger charge is 2.06. The molecule has 1 aromatic heterocycles. The summed E-state index contributed by atoms with van der Waals surface area (Å²) in [5, 5.41) is 0. The number of benzene rings is 1. The molecule has 1 amide bonds. The number of carbonyl (C=O) groups is 1. The summed E-state index contributed by atoms with van der Waals surface area (Å²) < 4.78 is 0. The Labute approximate surface area is 112 Å². The molecule has 2 aromatic rings. The van der Waals surface area contributed by atoms with Gasteiger partial charge in [0.1, 0.15) is 5.82 Å². The maximum absolute atomic E-state index is 11.9. The highest BCUT2D eigenvalue weighted by Crippen LogP contribution is 2.06. The number of nitrogens with zero attached hydrogens (tertiary/aromatic N) is 2. The molecule has 0 aliphatic rings. The van der Waals surface area contributed by atoms with Gasteiger partial charge in [0, 0.05) is 25.5 Å². The predicted molar refractivity (Wildman–Crippen MR) is 75.3 cm³/mol. The molecular weight excluding hydrogens is 238 g/mol. The highest BCUT2D eigenvalue weighted by molar-refractivity contribution is 5.91. The first kappa shape index (κ1) is 13.1. The van der Waals surface area contributed by atoms with Crippen LogP contribution in [0.3, 0.4) is 0 Å². The van der Waals surface area contributed by atoms with Gasteiger partial charge in [-0.2, -0.15) is 0 Å². The monoisotopic (exact) mass is 255 g/mol. The van der Waals surface area contributed by atoms with E-state index in [1.807, 2.05) is 37.3 Å². The molecule has 0 spiro atoms. The first-order chi connectivity index (χ1) is 9.15. The number of aromatic nitrogens is 2. The van der Waals surface area contributed by atoms with E-state index >= 15 is 0 Å². The Bertz CT molecular complexity index is 573. The summed E-state index contributed by atoms with van der Waals surface area (Å²) in [6.45, 7) is 2.51. The van der Waals surface area contributed by atoms with Gasteiger partial charge in [-0.25, -0.2) is 4.98 Å². The lowest BCUT2D eigenvalue weighted by atomic mass is 10.1. The summed E-state index contributed by atoms with van der Waals surface area (Å²) in [4.78, 5) is 20.6. The second-order valence-electron chi connectivity index (χ2n) is 4.48. The number of carbonyl (C=O) groups excluding carboxylic acids is 1. The number of amides is 1. The summed E-state index contributed by atoms with van der Waals surface area (Å²) in [6, 6.07) is 8.02. The van der Waals surface area contributed by atoms with Crippen LogP contribution in [0.15, 0.2) is 42.7 Å². The minimum Gasteiger partial charge on any atom is -0.347 e. The quantitative estimate of drug-likeness (QED) is 0.853. The van der Waals surface area contributed by atoms with Crippen LogP contribution in [-0.2, 0) is 11.3 Å². The lowest BCUT2D eigenvalue weighted by Gasteiger charge is -2.12. The summed E-state index contributed by atoms with van der Waals surface area (Å²) in [5.41, 5.74) is 2.21. The van der Waals surface area contributed by atoms with Gasteiger partial charge < -0.3 is 9.88 Å². The summed E-state index contributed by atoms with van der Waals surface area (Å²) >= 11 is 0. The lowest BCUT2D eigenvalue weighted by molar-refractivity contribution is -0.125. The van der Waals surface area contributed by atoms with E-state index < -0.39 is 0 Å². The molecule has 0 aliphatic heterocycles. The van der Waals surface area contributed by atoms with Gasteiger partial charge in [-0.3, -0.25) is 4.79 Å². The molecule has 0 fully saturated rings. The zero-order chi connectivity index (χ0) is 13.7. The van der Waals surface area contributed by atoms with E-state index in [1.54, 1.807) is 30.4 Å². The molecule has 2 rings (SSSR count). The second-order valence-corrected chi connectivity index (χ2v) is 4.48. The van der Waals surface area contributed by atoms with Crippen LogP contribution in [0.25, 0.3) is 6.08 Å². The Kier molecular flexibility index (Phi) is 4.13. The molecule has 1 heterocycles. The molecule has 1 N–H and O–H groups in total. The molecule has 0 saturated carbocycles. The average molecular weight is 255 g/mol. The zero-order valence-electron chi connectivity index (χ0n) is 11.1. The fraction of sp³-hybridized carbons (Fsp3) is 0.200. The number of H-pyrrole nitrogens is 1. The molecule has 98 valence electrons. The van der Waals surface area contributed by atoms with Gasteiger partial charge in [0.05, 0.1) is 6.54 Å². The van der Waals surface area contributed by atoms with Crippen LogP contribution in [0, 0.1) is 6.92 Å². The van der Waals surface area contributed by atoms with Crippen molar-refractivity contribution in [1.29, 1.82) is 0 Å². The molecule has 0 aliphatic carbocycles. The van der Waals surface area contributed by atoms with Crippen molar-refractivity contribution in [2.75, 3.05) is 7.05 Å². The summed E-state index contributed by atoms with van der Waals surface area (Å²) in [5.74, 6) is 0.734. The highest BCUT2D eigenvalue weighted by atomic mass is 16.2. The third kappa shape index (κ3) is 3.81. The van der Waals surface area contributed by atoms with Crippen molar-refractivity contribution in [3.05, 3.63) is 59.7 Å². The Hall–Kier alpha value is -2.36. The van der Waals surface area contributed by atoms with Crippen LogP contribution in [0.2, 0.25) is 0 Å². The second kappa shape index (κ2) is 6.00. The minimum atomic E-state index is -0.0436. The van der Waals surface area contributed by atoms with Gasteiger partial charge in [-0.05, 0) is 18.6 Å². The van der Waals surface area contributed by atoms with Crippen LogP contribution < -0.4 is 0 Å². The number of likely N-dealkylation sites (N-methyl/N-ethyl adjacent to an activating group) is 1. The van der Waals surface area contributed by atoms with Crippen LogP contribution in [0.1, 0.15) is 17.0 Å². The predicted octanol–water partition coefficient (Wildman–Crippen LogP) is 2.39. The first-order valence-electron chi connectivity index (χ1n) is 6.13. The SMILES string of the molecule is Cc1cccc(C=CC(=O)N(C)Cc2ncc[nH]2)c1. The van der Waals surface area contributed by atoms with E-state index in [-0.39, 0.29) is 5.91 Å². The Morgan fingerprint density at radius 3 is 3.00 bits per heavy atom. The number of rotatable bonds is 4. The third-order valence-electron chi connectivity index (χ3n) is 2.78. The zero-order valence-corrected chi connectivity index (χ0v) is 11.1. The third-order valence-corrected chi connectivity index (χ3v) is 2.78. The van der Waals surface area contributed by atoms with Crippen molar-refractivity contribution in [3.63, 3.8) is 0 Å². The topological polar surface area (TPSA) is 49.0 Å². The molecule has 19 heavy (non-hydrogen) atoms. The van der Waals surface area contributed by atoms with Crippen LogP contribution in [0.5, 0.6) is 0 Å². The fourth-order valence-electron chi connectivity index (χ4n) is 1.76. The minimum absolute atomic E-state index is 0.0436. The van der Waals surface area contributed by atoms with Crippen LogP contribution in [-0.4, -0.2) is 27.8 Å². The molecule has 0 unspecified atom stereocenters. The number of aromatic amines is 1. The van der Waals surface area contributed by atoms with E-state index in [1.165, 1.54) is 5.56 Å². The largest absolute Gasteiger partial charge is 0.347 e. The number of imidazole rings is 1. The molecule has 4 heteroatoms. The maximum Gasteiger partial charge on any atom is 0.246 e. The molecule has 0 atom stereocenters. The number of hydrogen-bond donors (Lipinski definition) is 1. The normalized spacial score (nSPS) is 10.8. The maximum atomic E-state index is 11.9. The summed E-state index contributed by atoms with van der Waals surface area (Å²) in [6.07, 6.45) is 6.83. The van der Waals surface area contributed by atoms with E-state index in [9.17, 15) is 4.79 Å². The van der Waals surface area contributed by atoms with E-state index in [0.717, 1.165) is 11.4 Å². The fourth-order valence-corrected chi connectivity index (χ4v) is 1.76. The Balaban J connectivity index is 1.96.